The zero-order valence-electron chi connectivity index (χ0n) is 8.51. The smallest absolute Gasteiger partial charge is 0.417 e. The number of alkyl halides is 4. The van der Waals surface area contributed by atoms with E-state index in [-0.39, 0.29) is 15.9 Å². The molecule has 0 saturated carbocycles. The van der Waals surface area contributed by atoms with Gasteiger partial charge in [0.15, 0.2) is 0 Å². The molecule has 1 aromatic rings. The van der Waals surface area contributed by atoms with Gasteiger partial charge >= 0.3 is 12.1 Å². The van der Waals surface area contributed by atoms with Gasteiger partial charge in [-0.05, 0) is 13.0 Å². The topological polar surface area (TPSA) is 50.2 Å². The number of aromatic carboxylic acids is 1. The van der Waals surface area contributed by atoms with Crippen molar-refractivity contribution in [1.82, 2.24) is 4.98 Å². The van der Waals surface area contributed by atoms with Crippen LogP contribution in [0.2, 0.25) is 0 Å². The van der Waals surface area contributed by atoms with Gasteiger partial charge in [0, 0.05) is 5.69 Å². The molecule has 1 heterocycles. The van der Waals surface area contributed by atoms with E-state index in [1.54, 1.807) is 0 Å². The average Bonchev–Trinajstić information content (AvgIpc) is 2.15. The number of carboxylic acid groups (broad SMARTS) is 1. The Morgan fingerprint density at radius 2 is 2.18 bits per heavy atom. The third-order valence-electron chi connectivity index (χ3n) is 1.82. The summed E-state index contributed by atoms with van der Waals surface area (Å²) in [7, 11) is 0. The number of carbonyl (C=O) groups is 1. The van der Waals surface area contributed by atoms with Gasteiger partial charge in [0.1, 0.15) is 10.6 Å². The molecule has 1 N–H and O–H groups in total. The maximum Gasteiger partial charge on any atom is 0.417 e. The molecule has 0 fully saturated rings. The molecule has 0 aliphatic rings. The highest BCUT2D eigenvalue weighted by atomic mass is 35.5. The van der Waals surface area contributed by atoms with Crippen LogP contribution in [0.25, 0.3) is 0 Å². The van der Waals surface area contributed by atoms with Crippen molar-refractivity contribution < 1.29 is 23.1 Å². The molecule has 1 aromatic heterocycles. The summed E-state index contributed by atoms with van der Waals surface area (Å²) >= 11 is 6.13. The summed E-state index contributed by atoms with van der Waals surface area (Å²) in [5.41, 5.74) is -1.96. The third kappa shape index (κ3) is 3.26. The Balaban J connectivity index is 3.52. The molecule has 94 valence electrons. The quantitative estimate of drug-likeness (QED) is 0.683. The van der Waals surface area contributed by atoms with Crippen molar-refractivity contribution in [3.63, 3.8) is 0 Å². The van der Waals surface area contributed by atoms with Crippen LogP contribution < -0.4 is 0 Å². The molecule has 0 radical (unpaired) electrons. The second kappa shape index (κ2) is 5.14. The molecule has 0 spiro atoms. The van der Waals surface area contributed by atoms with E-state index in [0.717, 1.165) is 11.8 Å². The van der Waals surface area contributed by atoms with E-state index in [1.165, 1.54) is 6.92 Å². The molecular weight excluding hydrogens is 279 g/mol. The van der Waals surface area contributed by atoms with Crippen LogP contribution in [0, 0.1) is 6.92 Å². The lowest BCUT2D eigenvalue weighted by atomic mass is 10.1. The molecular formula is C9H7ClF3NO2S. The summed E-state index contributed by atoms with van der Waals surface area (Å²) in [5, 5.41) is 8.53. The molecule has 1 rings (SSSR count). The number of rotatable bonds is 3. The lowest BCUT2D eigenvalue weighted by Crippen LogP contribution is -2.15. The minimum absolute atomic E-state index is 0.0754. The first-order chi connectivity index (χ1) is 7.77. The predicted octanol–water partition coefficient (Wildman–Crippen LogP) is 3.40. The van der Waals surface area contributed by atoms with Crippen molar-refractivity contribution in [2.24, 2.45) is 0 Å². The maximum absolute atomic E-state index is 12.7. The molecule has 0 aliphatic carbocycles. The number of pyridine rings is 1. The Morgan fingerprint density at radius 3 is 2.59 bits per heavy atom. The maximum atomic E-state index is 12.7. The molecule has 0 atom stereocenters. The molecule has 0 saturated heterocycles. The van der Waals surface area contributed by atoms with Crippen LogP contribution in [-0.2, 0) is 6.18 Å². The third-order valence-corrected chi connectivity index (χ3v) is 2.83. The number of nitrogens with zero attached hydrogens (tertiary/aromatic N) is 1. The van der Waals surface area contributed by atoms with Crippen molar-refractivity contribution in [2.45, 2.75) is 18.1 Å². The van der Waals surface area contributed by atoms with Crippen LogP contribution in [0.15, 0.2) is 11.1 Å². The van der Waals surface area contributed by atoms with Crippen LogP contribution in [0.5, 0.6) is 0 Å². The second-order valence-corrected chi connectivity index (χ2v) is 4.60. The van der Waals surface area contributed by atoms with E-state index >= 15 is 0 Å². The Kier molecular flexibility index (Phi) is 4.26. The van der Waals surface area contributed by atoms with E-state index in [4.69, 9.17) is 16.7 Å². The van der Waals surface area contributed by atoms with E-state index in [0.29, 0.717) is 6.07 Å². The summed E-state index contributed by atoms with van der Waals surface area (Å²) in [6, 6.07) is 0.710. The van der Waals surface area contributed by atoms with Gasteiger partial charge in [-0.25, -0.2) is 9.78 Å². The van der Waals surface area contributed by atoms with Crippen LogP contribution in [-0.4, -0.2) is 21.3 Å². The number of thioether (sulfide) groups is 1. The molecule has 0 unspecified atom stereocenters. The van der Waals surface area contributed by atoms with Crippen molar-refractivity contribution in [3.8, 4) is 0 Å². The average molecular weight is 286 g/mol. The van der Waals surface area contributed by atoms with E-state index in [1.807, 2.05) is 0 Å². The monoisotopic (exact) mass is 285 g/mol. The Labute approximate surface area is 104 Å². The minimum atomic E-state index is -4.73. The summed E-state index contributed by atoms with van der Waals surface area (Å²) in [5.74, 6) is -1.67. The van der Waals surface area contributed by atoms with Crippen molar-refractivity contribution >= 4 is 29.3 Å². The van der Waals surface area contributed by atoms with Crippen LogP contribution in [0.1, 0.15) is 21.6 Å². The highest BCUT2D eigenvalue weighted by Crippen LogP contribution is 2.36. The zero-order chi connectivity index (χ0) is 13.2. The normalized spacial score (nSPS) is 11.6. The highest BCUT2D eigenvalue weighted by molar-refractivity contribution is 8.00. The fraction of sp³-hybridized carbons (Fsp3) is 0.333. The van der Waals surface area contributed by atoms with Gasteiger partial charge in [0.2, 0.25) is 0 Å². The van der Waals surface area contributed by atoms with Gasteiger partial charge in [-0.3, -0.25) is 0 Å². The standard InChI is InChI=1S/C9H7ClF3NO2S/c1-4-2-5(9(11,12)13)6(8(15)16)7(14-4)17-3-10/h2H,3H2,1H3,(H,15,16). The number of aryl methyl sites for hydroxylation is 1. The van der Waals surface area contributed by atoms with Crippen molar-refractivity contribution in [1.29, 1.82) is 0 Å². The first-order valence-electron chi connectivity index (χ1n) is 4.28. The number of hydrogen-bond donors (Lipinski definition) is 1. The summed E-state index contributed by atoms with van der Waals surface area (Å²) in [6.07, 6.45) is -4.73. The number of halogens is 4. The fourth-order valence-corrected chi connectivity index (χ4v) is 2.19. The van der Waals surface area contributed by atoms with E-state index < -0.39 is 23.3 Å². The fourth-order valence-electron chi connectivity index (χ4n) is 1.23. The lowest BCUT2D eigenvalue weighted by molar-refractivity contribution is -0.138. The largest absolute Gasteiger partial charge is 0.478 e. The van der Waals surface area contributed by atoms with Gasteiger partial charge in [-0.2, -0.15) is 13.2 Å². The molecule has 0 aliphatic heterocycles. The van der Waals surface area contributed by atoms with E-state index in [2.05, 4.69) is 4.98 Å². The second-order valence-electron chi connectivity index (χ2n) is 3.05. The van der Waals surface area contributed by atoms with Crippen LogP contribution >= 0.6 is 23.4 Å². The first kappa shape index (κ1) is 14.1. The Bertz CT molecular complexity index is 451. The number of carboxylic acids is 1. The first-order valence-corrected chi connectivity index (χ1v) is 5.80. The summed E-state index contributed by atoms with van der Waals surface area (Å²) in [4.78, 5) is 14.6. The molecule has 0 amide bonds. The van der Waals surface area contributed by atoms with Crippen LogP contribution in [0.3, 0.4) is 0 Å². The van der Waals surface area contributed by atoms with Gasteiger partial charge < -0.3 is 5.11 Å². The number of aromatic nitrogens is 1. The molecule has 3 nitrogen and oxygen atoms in total. The van der Waals surface area contributed by atoms with E-state index in [9.17, 15) is 18.0 Å². The Morgan fingerprint density at radius 1 is 1.59 bits per heavy atom. The van der Waals surface area contributed by atoms with Crippen LogP contribution in [0.4, 0.5) is 13.2 Å². The lowest BCUT2D eigenvalue weighted by Gasteiger charge is -2.13. The number of hydrogen-bond acceptors (Lipinski definition) is 3. The molecule has 8 heteroatoms. The minimum Gasteiger partial charge on any atom is -0.478 e. The molecule has 17 heavy (non-hydrogen) atoms. The molecule has 0 bridgehead atoms. The van der Waals surface area contributed by atoms with Gasteiger partial charge in [-0.1, -0.05) is 11.8 Å². The van der Waals surface area contributed by atoms with Gasteiger partial charge in [-0.15, -0.1) is 11.6 Å². The summed E-state index contributed by atoms with van der Waals surface area (Å²) < 4.78 is 38.0. The summed E-state index contributed by atoms with van der Waals surface area (Å²) in [6.45, 7) is 1.36. The SMILES string of the molecule is Cc1cc(C(F)(F)F)c(C(=O)O)c(SCCl)n1. The highest BCUT2D eigenvalue weighted by Gasteiger charge is 2.37. The van der Waals surface area contributed by atoms with Gasteiger partial charge in [0.05, 0.1) is 10.8 Å². The van der Waals surface area contributed by atoms with Crippen molar-refractivity contribution in [2.75, 3.05) is 5.21 Å². The Hall–Kier alpha value is -0.950. The predicted molar refractivity (Wildman–Crippen MR) is 57.5 cm³/mol. The zero-order valence-corrected chi connectivity index (χ0v) is 10.1. The van der Waals surface area contributed by atoms with Gasteiger partial charge in [0.25, 0.3) is 0 Å². The molecule has 0 aromatic carbocycles. The van der Waals surface area contributed by atoms with Crippen molar-refractivity contribution in [3.05, 3.63) is 22.9 Å².